The second kappa shape index (κ2) is 20.8. The molecule has 16 nitrogen and oxygen atoms in total. The van der Waals surface area contributed by atoms with Crippen LogP contribution in [-0.2, 0) is 27.3 Å². The van der Waals surface area contributed by atoms with E-state index >= 15 is 0 Å². The number of amides is 4. The van der Waals surface area contributed by atoms with Gasteiger partial charge in [0.1, 0.15) is 11.6 Å². The highest BCUT2D eigenvalue weighted by Gasteiger charge is 2.34. The van der Waals surface area contributed by atoms with Gasteiger partial charge in [-0.1, -0.05) is 12.1 Å². The quantitative estimate of drug-likeness (QED) is 0.172. The molecule has 4 fully saturated rings. The molecule has 2 aromatic carbocycles. The highest BCUT2D eigenvalue weighted by molar-refractivity contribution is 5.97. The molecule has 4 aliphatic rings. The number of aromatic nitrogens is 2. The number of halogens is 2. The highest BCUT2D eigenvalue weighted by atomic mass is 19.1. The Hall–Kier alpha value is -5.92. The number of piperazine rings is 2. The predicted molar refractivity (Wildman–Crippen MR) is 225 cm³/mol. The lowest BCUT2D eigenvalue weighted by Gasteiger charge is -2.43. The van der Waals surface area contributed by atoms with Gasteiger partial charge in [0.25, 0.3) is 0 Å². The van der Waals surface area contributed by atoms with E-state index < -0.39 is 17.6 Å². The zero-order valence-electron chi connectivity index (χ0n) is 34.6. The predicted octanol–water partition coefficient (Wildman–Crippen LogP) is 3.66. The molecule has 0 saturated carbocycles. The first-order valence-electron chi connectivity index (χ1n) is 20.6. The molecule has 62 heavy (non-hydrogen) atoms. The maximum absolute atomic E-state index is 13.9. The molecule has 0 atom stereocenters. The first kappa shape index (κ1) is 44.1. The summed E-state index contributed by atoms with van der Waals surface area (Å²) in [7, 11) is 1.30. The first-order valence-corrected chi connectivity index (χ1v) is 20.6. The Balaban J connectivity index is 0.000000186. The van der Waals surface area contributed by atoms with Crippen LogP contribution in [0.1, 0.15) is 32.1 Å². The number of rotatable bonds is 11. The fraction of sp³-hybridized carbons (Fsp3) is 0.409. The van der Waals surface area contributed by atoms with E-state index in [1.807, 2.05) is 0 Å². The molecule has 8 rings (SSSR count). The Morgan fingerprint density at radius 1 is 0.661 bits per heavy atom. The van der Waals surface area contributed by atoms with Crippen molar-refractivity contribution in [1.82, 2.24) is 29.6 Å². The lowest BCUT2D eigenvalue weighted by Crippen LogP contribution is -2.59. The summed E-state index contributed by atoms with van der Waals surface area (Å²) in [6, 6.07) is 19.0. The average molecular weight is 856 g/mol. The van der Waals surface area contributed by atoms with Gasteiger partial charge in [0.05, 0.1) is 82.2 Å². The molecule has 0 spiro atoms. The van der Waals surface area contributed by atoms with Gasteiger partial charge in [-0.25, -0.2) is 23.2 Å². The van der Waals surface area contributed by atoms with Crippen molar-refractivity contribution in [3.05, 3.63) is 119 Å². The molecule has 2 N–H and O–H groups in total. The molecule has 4 amide bonds. The molecule has 0 bridgehead atoms. The number of urea groups is 2. The SMILES string of the molecule is COC(=O)c1ccc(CN(C(=O)N2CCN(C3COC3)CC2)c2cccc(F)c2)nc1.NCC(=O)c1ccc(CN(C(=O)N2CCN(C3COC3)CC2)c2cccc(F)c2)nc1. The Labute approximate surface area is 358 Å². The topological polar surface area (TPSA) is 167 Å². The third-order valence-electron chi connectivity index (χ3n) is 11.4. The monoisotopic (exact) mass is 855 g/mol. The average Bonchev–Trinajstić information content (AvgIpc) is 3.26. The van der Waals surface area contributed by atoms with Crippen LogP contribution in [0.2, 0.25) is 0 Å². The van der Waals surface area contributed by atoms with E-state index in [1.165, 1.54) is 53.6 Å². The second-order valence-corrected chi connectivity index (χ2v) is 15.3. The number of anilines is 2. The standard InChI is InChI=1S/C22H26FN5O3.C22H25FN4O4/c23-17-2-1-3-19(10-17)28(13-18-5-4-16(12-25-18)21(29)11-24)22(30)27-8-6-26(7-9-27)20-14-31-15-20;1-30-21(28)16-5-6-18(24-12-16)13-27(19-4-2-3-17(23)11-19)22(29)26-9-7-25(8-10-26)20-14-31-15-20/h1-5,10,12,20H,6-9,11,13-15,24H2;2-6,11-12,20H,7-10,13-15H2,1H3. The van der Waals surface area contributed by atoms with Crippen LogP contribution in [0.3, 0.4) is 0 Å². The van der Waals surface area contributed by atoms with Crippen LogP contribution >= 0.6 is 0 Å². The van der Waals surface area contributed by atoms with Crippen LogP contribution in [0.15, 0.2) is 85.2 Å². The van der Waals surface area contributed by atoms with Crippen molar-refractivity contribution in [2.75, 3.05) is 102 Å². The van der Waals surface area contributed by atoms with Crippen molar-refractivity contribution in [2.24, 2.45) is 5.73 Å². The largest absolute Gasteiger partial charge is 0.465 e. The minimum Gasteiger partial charge on any atom is -0.465 e. The highest BCUT2D eigenvalue weighted by Crippen LogP contribution is 2.24. The molecular weight excluding hydrogens is 805 g/mol. The van der Waals surface area contributed by atoms with Crippen LogP contribution in [0, 0.1) is 11.6 Å². The van der Waals surface area contributed by atoms with E-state index in [9.17, 15) is 28.0 Å². The number of benzene rings is 2. The van der Waals surface area contributed by atoms with Crippen LogP contribution < -0.4 is 15.5 Å². The van der Waals surface area contributed by atoms with Gasteiger partial charge in [-0.3, -0.25) is 34.4 Å². The number of Topliss-reactive ketones (excluding diaryl/α,β-unsaturated/α-hetero) is 1. The third kappa shape index (κ3) is 10.9. The third-order valence-corrected chi connectivity index (χ3v) is 11.4. The Morgan fingerprint density at radius 3 is 1.44 bits per heavy atom. The normalized spacial score (nSPS) is 17.2. The molecule has 18 heteroatoms. The van der Waals surface area contributed by atoms with Crippen LogP contribution in [-0.4, -0.2) is 158 Å². The number of ketones is 1. The number of hydrogen-bond acceptors (Lipinski definition) is 12. The van der Waals surface area contributed by atoms with Crippen LogP contribution in [0.25, 0.3) is 0 Å². The first-order chi connectivity index (χ1) is 30.1. The molecule has 328 valence electrons. The number of pyridine rings is 2. The lowest BCUT2D eigenvalue weighted by atomic mass is 10.1. The number of esters is 1. The zero-order valence-corrected chi connectivity index (χ0v) is 34.6. The molecular formula is C44H51F2N9O7. The van der Waals surface area contributed by atoms with E-state index in [4.69, 9.17) is 19.9 Å². The van der Waals surface area contributed by atoms with Gasteiger partial charge in [0.15, 0.2) is 5.78 Å². The van der Waals surface area contributed by atoms with Crippen molar-refractivity contribution in [3.63, 3.8) is 0 Å². The minimum atomic E-state index is -0.480. The number of nitrogens with zero attached hydrogens (tertiary/aromatic N) is 8. The summed E-state index contributed by atoms with van der Waals surface area (Å²) in [5, 5.41) is 0. The summed E-state index contributed by atoms with van der Waals surface area (Å²) in [4.78, 5) is 70.0. The van der Waals surface area contributed by atoms with E-state index in [0.717, 1.165) is 52.6 Å². The molecule has 0 unspecified atom stereocenters. The summed E-state index contributed by atoms with van der Waals surface area (Å²) in [5.41, 5.74) is 8.23. The summed E-state index contributed by atoms with van der Waals surface area (Å²) >= 11 is 0. The zero-order chi connectivity index (χ0) is 43.6. The van der Waals surface area contributed by atoms with Gasteiger partial charge in [-0.15, -0.1) is 0 Å². The Morgan fingerprint density at radius 2 is 1.10 bits per heavy atom. The van der Waals surface area contributed by atoms with E-state index in [0.29, 0.717) is 72.2 Å². The van der Waals surface area contributed by atoms with Gasteiger partial charge in [-0.05, 0) is 60.7 Å². The fourth-order valence-corrected chi connectivity index (χ4v) is 7.47. The summed E-state index contributed by atoms with van der Waals surface area (Å²) in [6.07, 6.45) is 2.87. The molecule has 2 aromatic heterocycles. The van der Waals surface area contributed by atoms with Crippen molar-refractivity contribution in [3.8, 4) is 0 Å². The summed E-state index contributed by atoms with van der Waals surface area (Å²) in [6.45, 7) is 8.72. The lowest BCUT2D eigenvalue weighted by molar-refractivity contribution is -0.0738. The van der Waals surface area contributed by atoms with Gasteiger partial charge in [0, 0.05) is 81.7 Å². The van der Waals surface area contributed by atoms with Crippen LogP contribution in [0.4, 0.5) is 29.7 Å². The maximum atomic E-state index is 13.9. The van der Waals surface area contributed by atoms with Gasteiger partial charge in [0.2, 0.25) is 0 Å². The second-order valence-electron chi connectivity index (χ2n) is 15.3. The molecule has 0 aliphatic carbocycles. The maximum Gasteiger partial charge on any atom is 0.339 e. The van der Waals surface area contributed by atoms with Gasteiger partial charge < -0.3 is 29.7 Å². The fourth-order valence-electron chi connectivity index (χ4n) is 7.47. The van der Waals surface area contributed by atoms with Crippen molar-refractivity contribution in [2.45, 2.75) is 25.2 Å². The van der Waals surface area contributed by atoms with E-state index in [1.54, 1.807) is 58.3 Å². The van der Waals surface area contributed by atoms with Gasteiger partial charge >= 0.3 is 18.0 Å². The number of carbonyl (C=O) groups excluding carboxylic acids is 4. The molecule has 0 radical (unpaired) electrons. The molecule has 4 saturated heterocycles. The van der Waals surface area contributed by atoms with Crippen molar-refractivity contribution < 1.29 is 42.2 Å². The molecule has 4 aliphatic heterocycles. The molecule has 4 aromatic rings. The Kier molecular flexibility index (Phi) is 14.8. The molecule has 6 heterocycles. The number of methoxy groups -OCH3 is 1. The van der Waals surface area contributed by atoms with Gasteiger partial charge in [-0.2, -0.15) is 0 Å². The smallest absolute Gasteiger partial charge is 0.339 e. The minimum absolute atomic E-state index is 0.0894. The van der Waals surface area contributed by atoms with E-state index in [-0.39, 0.29) is 37.5 Å². The summed E-state index contributed by atoms with van der Waals surface area (Å²) in [5.74, 6) is -1.51. The number of carbonyl (C=O) groups is 4. The van der Waals surface area contributed by atoms with Crippen molar-refractivity contribution >= 4 is 35.2 Å². The van der Waals surface area contributed by atoms with Crippen LogP contribution in [0.5, 0.6) is 0 Å². The Bertz CT molecular complexity index is 2010. The summed E-state index contributed by atoms with van der Waals surface area (Å²) < 4.78 is 43.0. The number of hydrogen-bond donors (Lipinski definition) is 1. The number of nitrogens with two attached hydrogens (primary N) is 1. The number of ether oxygens (including phenoxy) is 3. The van der Waals surface area contributed by atoms with Crippen molar-refractivity contribution in [1.29, 1.82) is 0 Å². The van der Waals surface area contributed by atoms with E-state index in [2.05, 4.69) is 19.8 Å².